The lowest BCUT2D eigenvalue weighted by Gasteiger charge is -2.17. The molecule has 0 aliphatic heterocycles. The second kappa shape index (κ2) is 5.49. The van der Waals surface area contributed by atoms with E-state index in [0.717, 1.165) is 0 Å². The smallest absolute Gasteiger partial charge is 0.0105 e. The molecule has 0 spiro atoms. The largest absolute Gasteiger partial charge is 0.0610 e. The highest BCUT2D eigenvalue weighted by Gasteiger charge is 2.15. The average Bonchev–Trinajstić information content (AvgIpc) is 3.02. The molecule has 0 heteroatoms. The molecule has 0 N–H and O–H groups in total. The third-order valence-electron chi connectivity index (χ3n) is 4.85. The van der Waals surface area contributed by atoms with Crippen LogP contribution >= 0.6 is 0 Å². The summed E-state index contributed by atoms with van der Waals surface area (Å²) in [5.41, 5.74) is 9.29. The molecule has 0 bridgehead atoms. The highest BCUT2D eigenvalue weighted by molar-refractivity contribution is 5.87. The maximum atomic E-state index is 2.28. The Labute approximate surface area is 144 Å². The summed E-state index contributed by atoms with van der Waals surface area (Å²) in [6.45, 7) is 6.78. The second-order valence-electron chi connectivity index (χ2n) is 7.55. The van der Waals surface area contributed by atoms with Crippen LogP contribution in [-0.4, -0.2) is 0 Å². The topological polar surface area (TPSA) is 0 Å². The Bertz CT molecular complexity index is 909. The summed E-state index contributed by atoms with van der Waals surface area (Å²) in [4.78, 5) is 0. The lowest BCUT2D eigenvalue weighted by Crippen LogP contribution is -2.09. The molecular weight excluding hydrogens is 288 g/mol. The van der Waals surface area contributed by atoms with Crippen molar-refractivity contribution >= 4 is 0 Å². The van der Waals surface area contributed by atoms with Crippen LogP contribution in [0.15, 0.2) is 78.9 Å². The van der Waals surface area contributed by atoms with Crippen LogP contribution < -0.4 is 0 Å². The van der Waals surface area contributed by atoms with Crippen LogP contribution in [-0.2, 0) is 5.41 Å². The predicted octanol–water partition coefficient (Wildman–Crippen LogP) is 6.86. The first-order valence-electron chi connectivity index (χ1n) is 8.55. The van der Waals surface area contributed by atoms with Crippen LogP contribution in [0, 0.1) is 0 Å². The van der Waals surface area contributed by atoms with Gasteiger partial charge in [0.15, 0.2) is 0 Å². The molecular formula is C24H22. The fraction of sp³-hybridized carbons (Fsp3) is 0.167. The van der Waals surface area contributed by atoms with E-state index in [9.17, 15) is 0 Å². The van der Waals surface area contributed by atoms with Crippen LogP contribution in [0.5, 0.6) is 0 Å². The van der Waals surface area contributed by atoms with Crippen molar-refractivity contribution in [2.75, 3.05) is 0 Å². The third-order valence-corrected chi connectivity index (χ3v) is 4.85. The second-order valence-corrected chi connectivity index (χ2v) is 7.55. The molecule has 0 amide bonds. The molecule has 0 fully saturated rings. The summed E-state index contributed by atoms with van der Waals surface area (Å²) in [5.74, 6) is 0. The van der Waals surface area contributed by atoms with E-state index in [0.29, 0.717) is 0 Å². The maximum absolute atomic E-state index is 2.28. The van der Waals surface area contributed by atoms with Gasteiger partial charge in [0.2, 0.25) is 0 Å². The normalized spacial score (nSPS) is 12.0. The maximum Gasteiger partial charge on any atom is -0.0105 e. The first-order chi connectivity index (χ1) is 11.5. The first-order valence-corrected chi connectivity index (χ1v) is 8.55. The highest BCUT2D eigenvalue weighted by Crippen LogP contribution is 2.37. The summed E-state index contributed by atoms with van der Waals surface area (Å²) in [5, 5.41) is 0. The summed E-state index contributed by atoms with van der Waals surface area (Å²) in [7, 11) is 0. The van der Waals surface area contributed by atoms with Gasteiger partial charge in [-0.15, -0.1) is 0 Å². The highest BCUT2D eigenvalue weighted by atomic mass is 14.2. The molecule has 0 radical (unpaired) electrons. The van der Waals surface area contributed by atoms with Crippen LogP contribution in [0.4, 0.5) is 0 Å². The van der Waals surface area contributed by atoms with Gasteiger partial charge in [0.05, 0.1) is 0 Å². The molecule has 118 valence electrons. The van der Waals surface area contributed by atoms with Gasteiger partial charge in [-0.1, -0.05) is 99.6 Å². The first kappa shape index (κ1) is 15.0. The minimum absolute atomic E-state index is 0.165. The summed E-state index contributed by atoms with van der Waals surface area (Å²) < 4.78 is 0. The van der Waals surface area contributed by atoms with Crippen LogP contribution in [0.3, 0.4) is 0 Å². The van der Waals surface area contributed by atoms with E-state index < -0.39 is 0 Å². The van der Waals surface area contributed by atoms with Crippen LogP contribution in [0.2, 0.25) is 0 Å². The van der Waals surface area contributed by atoms with E-state index in [1.165, 1.54) is 38.9 Å². The predicted molar refractivity (Wildman–Crippen MR) is 104 cm³/mol. The molecule has 0 aromatic heterocycles. The van der Waals surface area contributed by atoms with Gasteiger partial charge in [-0.2, -0.15) is 0 Å². The van der Waals surface area contributed by atoms with Crippen molar-refractivity contribution in [1.29, 1.82) is 0 Å². The molecule has 0 unspecified atom stereocenters. The minimum Gasteiger partial charge on any atom is -0.0610 e. The SMILES string of the molecule is CC(C)(C)c1ccc2ccc(-c3ccc4cccc-4cc3)c-2cc1. The van der Waals surface area contributed by atoms with Gasteiger partial charge in [-0.05, 0) is 44.4 Å². The Morgan fingerprint density at radius 3 is 1.46 bits per heavy atom. The van der Waals surface area contributed by atoms with Crippen LogP contribution in [0.25, 0.3) is 33.4 Å². The molecule has 0 saturated heterocycles. The Morgan fingerprint density at radius 2 is 0.875 bits per heavy atom. The molecule has 4 aliphatic rings. The van der Waals surface area contributed by atoms with E-state index in [4.69, 9.17) is 0 Å². The zero-order valence-electron chi connectivity index (χ0n) is 14.5. The molecule has 4 aliphatic carbocycles. The molecule has 0 atom stereocenters. The van der Waals surface area contributed by atoms with Gasteiger partial charge in [-0.25, -0.2) is 0 Å². The molecule has 0 aromatic rings. The lowest BCUT2D eigenvalue weighted by atomic mass is 9.88. The van der Waals surface area contributed by atoms with Gasteiger partial charge in [0, 0.05) is 0 Å². The number of hydrogen-bond acceptors (Lipinski definition) is 0. The zero-order chi connectivity index (χ0) is 16.7. The molecule has 0 aromatic carbocycles. The molecule has 0 saturated carbocycles. The quantitative estimate of drug-likeness (QED) is 0.360. The Morgan fingerprint density at radius 1 is 0.458 bits per heavy atom. The van der Waals surface area contributed by atoms with Gasteiger partial charge >= 0.3 is 0 Å². The van der Waals surface area contributed by atoms with E-state index in [1.807, 2.05) is 0 Å². The molecule has 24 heavy (non-hydrogen) atoms. The van der Waals surface area contributed by atoms with Gasteiger partial charge in [0.1, 0.15) is 0 Å². The zero-order valence-corrected chi connectivity index (χ0v) is 14.5. The number of hydrogen-bond donors (Lipinski definition) is 0. The minimum atomic E-state index is 0.165. The molecule has 4 rings (SSSR count). The monoisotopic (exact) mass is 310 g/mol. The molecule has 0 heterocycles. The van der Waals surface area contributed by atoms with Crippen molar-refractivity contribution in [1.82, 2.24) is 0 Å². The van der Waals surface area contributed by atoms with E-state index in [-0.39, 0.29) is 5.41 Å². The van der Waals surface area contributed by atoms with Crippen molar-refractivity contribution in [2.24, 2.45) is 0 Å². The third kappa shape index (κ3) is 2.59. The van der Waals surface area contributed by atoms with Crippen molar-refractivity contribution in [2.45, 2.75) is 26.2 Å². The summed E-state index contributed by atoms with van der Waals surface area (Å²) in [6.07, 6.45) is 0. The fourth-order valence-electron chi connectivity index (χ4n) is 3.35. The van der Waals surface area contributed by atoms with Crippen molar-refractivity contribution in [3.8, 4) is 33.4 Å². The Balaban J connectivity index is 1.86. The number of fused-ring (bicyclic) bond motifs is 2. The fourth-order valence-corrected chi connectivity index (χ4v) is 3.35. The van der Waals surface area contributed by atoms with Crippen LogP contribution in [0.1, 0.15) is 26.3 Å². The van der Waals surface area contributed by atoms with E-state index in [1.54, 1.807) is 0 Å². The van der Waals surface area contributed by atoms with Crippen molar-refractivity contribution in [3.63, 3.8) is 0 Å². The van der Waals surface area contributed by atoms with E-state index >= 15 is 0 Å². The summed E-state index contributed by atoms with van der Waals surface area (Å²) >= 11 is 0. The Hall–Kier alpha value is -2.60. The van der Waals surface area contributed by atoms with E-state index in [2.05, 4.69) is 99.6 Å². The van der Waals surface area contributed by atoms with Gasteiger partial charge in [-0.3, -0.25) is 0 Å². The van der Waals surface area contributed by atoms with Gasteiger partial charge < -0.3 is 0 Å². The lowest BCUT2D eigenvalue weighted by molar-refractivity contribution is 0.591. The van der Waals surface area contributed by atoms with Crippen molar-refractivity contribution < 1.29 is 0 Å². The van der Waals surface area contributed by atoms with Gasteiger partial charge in [0.25, 0.3) is 0 Å². The number of rotatable bonds is 1. The standard InChI is InChI=1S/C24H22/c1-24(2,3)21-13-11-20-12-15-22(23(20)16-14-21)19-9-7-17-5-4-6-18(17)8-10-19/h4-16H,1-3H3. The molecule has 0 nitrogen and oxygen atoms in total. The Kier molecular flexibility index (Phi) is 3.42. The van der Waals surface area contributed by atoms with Crippen molar-refractivity contribution in [3.05, 3.63) is 84.4 Å². The summed E-state index contributed by atoms with van der Waals surface area (Å²) in [6, 6.07) is 28.8. The average molecular weight is 310 g/mol.